The molecule has 2 N–H and O–H groups in total. The number of alkyl halides is 4. The highest BCUT2D eigenvalue weighted by atomic mass is 19.3. The molecule has 0 aliphatic rings. The van der Waals surface area contributed by atoms with Crippen LogP contribution in [0.15, 0.2) is 30.6 Å². The van der Waals surface area contributed by atoms with Crippen molar-refractivity contribution in [2.45, 2.75) is 52.0 Å². The van der Waals surface area contributed by atoms with Crippen molar-refractivity contribution < 1.29 is 31.9 Å². The van der Waals surface area contributed by atoms with Crippen LogP contribution in [0.3, 0.4) is 0 Å². The molecule has 0 aliphatic carbocycles. The van der Waals surface area contributed by atoms with Gasteiger partial charge in [-0.05, 0) is 44.0 Å². The maximum atomic E-state index is 13.0. The fraction of sp³-hybridized carbons (Fsp3) is 0.429. The molecule has 0 bridgehead atoms. The minimum atomic E-state index is -4.28. The van der Waals surface area contributed by atoms with E-state index in [1.807, 2.05) is 6.92 Å². The predicted octanol–water partition coefficient (Wildman–Crippen LogP) is 4.29. The normalized spacial score (nSPS) is 12.4. The van der Waals surface area contributed by atoms with Crippen molar-refractivity contribution in [2.75, 3.05) is 11.9 Å². The van der Waals surface area contributed by atoms with Crippen LogP contribution in [0.5, 0.6) is 5.88 Å². The van der Waals surface area contributed by atoms with Crippen molar-refractivity contribution in [2.24, 2.45) is 0 Å². The summed E-state index contributed by atoms with van der Waals surface area (Å²) in [5, 5.41) is 5.37. The predicted molar refractivity (Wildman–Crippen MR) is 109 cm³/mol. The van der Waals surface area contributed by atoms with E-state index in [4.69, 9.17) is 4.74 Å². The van der Waals surface area contributed by atoms with Gasteiger partial charge < -0.3 is 15.4 Å². The van der Waals surface area contributed by atoms with Gasteiger partial charge in [0.2, 0.25) is 11.8 Å². The molecule has 0 fully saturated rings. The number of aryl methyl sites for hydroxylation is 1. The molecule has 0 saturated carbocycles. The lowest BCUT2D eigenvalue weighted by Gasteiger charge is -2.18. The van der Waals surface area contributed by atoms with E-state index in [-0.39, 0.29) is 23.2 Å². The maximum absolute atomic E-state index is 13.0. The average molecular weight is 456 g/mol. The molecule has 0 saturated heterocycles. The molecule has 7 nitrogen and oxygen atoms in total. The van der Waals surface area contributed by atoms with E-state index in [0.29, 0.717) is 24.0 Å². The van der Waals surface area contributed by atoms with E-state index in [1.165, 1.54) is 31.5 Å². The van der Waals surface area contributed by atoms with E-state index in [1.54, 1.807) is 13.0 Å². The molecule has 2 rings (SSSR count). The fourth-order valence-corrected chi connectivity index (χ4v) is 2.64. The van der Waals surface area contributed by atoms with Crippen molar-refractivity contribution in [3.63, 3.8) is 0 Å². The number of hydrogen-bond acceptors (Lipinski definition) is 5. The highest BCUT2D eigenvalue weighted by molar-refractivity contribution is 5.96. The van der Waals surface area contributed by atoms with E-state index >= 15 is 0 Å². The lowest BCUT2D eigenvalue weighted by molar-refractivity contribution is -0.148. The van der Waals surface area contributed by atoms with Gasteiger partial charge in [-0.25, -0.2) is 18.7 Å². The molecule has 1 atom stereocenters. The SMILES string of the molecule is CCCC(=O)Nc1cc(C(=O)NC(C)c2cnc(OCC(F)(F)C(F)F)c(C)c2)ccn1. The average Bonchev–Trinajstić information content (AvgIpc) is 2.73. The van der Waals surface area contributed by atoms with Crippen LogP contribution in [0.25, 0.3) is 0 Å². The van der Waals surface area contributed by atoms with Crippen molar-refractivity contribution in [3.05, 3.63) is 47.3 Å². The molecule has 0 spiro atoms. The first-order chi connectivity index (χ1) is 15.0. The Kier molecular flexibility index (Phi) is 8.50. The van der Waals surface area contributed by atoms with Gasteiger partial charge in [0, 0.05) is 29.9 Å². The highest BCUT2D eigenvalue weighted by Crippen LogP contribution is 2.26. The summed E-state index contributed by atoms with van der Waals surface area (Å²) in [4.78, 5) is 32.2. The van der Waals surface area contributed by atoms with Gasteiger partial charge in [-0.2, -0.15) is 8.78 Å². The third kappa shape index (κ3) is 6.89. The summed E-state index contributed by atoms with van der Waals surface area (Å²) in [6.07, 6.45) is -0.132. The summed E-state index contributed by atoms with van der Waals surface area (Å²) in [5.41, 5.74) is 1.17. The van der Waals surface area contributed by atoms with Crippen molar-refractivity contribution >= 4 is 17.6 Å². The van der Waals surface area contributed by atoms with Gasteiger partial charge in [-0.15, -0.1) is 0 Å². The molecule has 0 aromatic carbocycles. The topological polar surface area (TPSA) is 93.2 Å². The fourth-order valence-electron chi connectivity index (χ4n) is 2.64. The lowest BCUT2D eigenvalue weighted by Crippen LogP contribution is -2.34. The second-order valence-electron chi connectivity index (χ2n) is 7.16. The number of rotatable bonds is 10. The Bertz CT molecular complexity index is 956. The van der Waals surface area contributed by atoms with Gasteiger partial charge in [-0.1, -0.05) is 6.92 Å². The van der Waals surface area contributed by atoms with Crippen LogP contribution in [0.2, 0.25) is 0 Å². The van der Waals surface area contributed by atoms with Crippen LogP contribution in [-0.2, 0) is 4.79 Å². The number of anilines is 1. The molecule has 11 heteroatoms. The first-order valence-electron chi connectivity index (χ1n) is 9.85. The number of halogens is 4. The second-order valence-corrected chi connectivity index (χ2v) is 7.16. The minimum absolute atomic E-state index is 0.200. The summed E-state index contributed by atoms with van der Waals surface area (Å²) >= 11 is 0. The van der Waals surface area contributed by atoms with Gasteiger partial charge >= 0.3 is 12.3 Å². The number of aromatic nitrogens is 2. The molecule has 174 valence electrons. The van der Waals surface area contributed by atoms with Gasteiger partial charge in [0.1, 0.15) is 5.82 Å². The van der Waals surface area contributed by atoms with Crippen LogP contribution < -0.4 is 15.4 Å². The maximum Gasteiger partial charge on any atom is 0.340 e. The molecule has 1 unspecified atom stereocenters. The summed E-state index contributed by atoms with van der Waals surface area (Å²) in [6, 6.07) is 3.97. The third-order valence-corrected chi connectivity index (χ3v) is 4.39. The number of pyridine rings is 2. The first kappa shape index (κ1) is 25.0. The monoisotopic (exact) mass is 456 g/mol. The van der Waals surface area contributed by atoms with Gasteiger partial charge in [0.25, 0.3) is 5.91 Å². The number of hydrogen-bond donors (Lipinski definition) is 2. The Labute approximate surface area is 182 Å². The van der Waals surface area contributed by atoms with Crippen LogP contribution in [0.4, 0.5) is 23.4 Å². The van der Waals surface area contributed by atoms with Crippen LogP contribution in [0.1, 0.15) is 54.2 Å². The Morgan fingerprint density at radius 1 is 1.22 bits per heavy atom. The number of carbonyl (C=O) groups is 2. The van der Waals surface area contributed by atoms with Crippen molar-refractivity contribution in [1.82, 2.24) is 15.3 Å². The zero-order valence-corrected chi connectivity index (χ0v) is 17.8. The van der Waals surface area contributed by atoms with Crippen molar-refractivity contribution in [3.8, 4) is 5.88 Å². The quantitative estimate of drug-likeness (QED) is 0.520. The zero-order valence-electron chi connectivity index (χ0n) is 17.8. The lowest BCUT2D eigenvalue weighted by atomic mass is 10.1. The zero-order chi connectivity index (χ0) is 23.9. The number of carbonyl (C=O) groups excluding carboxylic acids is 2. The third-order valence-electron chi connectivity index (χ3n) is 4.39. The molecule has 2 aromatic rings. The Morgan fingerprint density at radius 2 is 1.94 bits per heavy atom. The van der Waals surface area contributed by atoms with Crippen LogP contribution >= 0.6 is 0 Å². The van der Waals surface area contributed by atoms with Crippen LogP contribution in [-0.4, -0.2) is 40.7 Å². The van der Waals surface area contributed by atoms with E-state index in [9.17, 15) is 27.2 Å². The van der Waals surface area contributed by atoms with E-state index < -0.39 is 30.9 Å². The van der Waals surface area contributed by atoms with Gasteiger partial charge in [-0.3, -0.25) is 9.59 Å². The molecule has 2 heterocycles. The number of ether oxygens (including phenoxy) is 1. The van der Waals surface area contributed by atoms with Crippen molar-refractivity contribution in [1.29, 1.82) is 0 Å². The Hall–Kier alpha value is -3.24. The summed E-state index contributed by atoms with van der Waals surface area (Å²) < 4.78 is 55.3. The molecule has 0 radical (unpaired) electrons. The molecule has 0 aliphatic heterocycles. The largest absolute Gasteiger partial charge is 0.471 e. The Balaban J connectivity index is 2.03. The minimum Gasteiger partial charge on any atom is -0.471 e. The molecular formula is C21H24F4N4O3. The van der Waals surface area contributed by atoms with Gasteiger partial charge in [0.15, 0.2) is 6.61 Å². The molecule has 2 amide bonds. The summed E-state index contributed by atoms with van der Waals surface area (Å²) in [6.45, 7) is 3.58. The van der Waals surface area contributed by atoms with Crippen LogP contribution in [0, 0.1) is 6.92 Å². The van der Waals surface area contributed by atoms with E-state index in [2.05, 4.69) is 20.6 Å². The molecule has 32 heavy (non-hydrogen) atoms. The Morgan fingerprint density at radius 3 is 2.56 bits per heavy atom. The standard InChI is InChI=1S/C21H24F4N4O3/c1-4-5-17(30)29-16-9-14(6-7-26-16)18(31)28-13(3)15-8-12(2)19(27-10-15)32-11-21(24,25)20(22)23/h6-10,13,20H,4-5,11H2,1-3H3,(H,28,31)(H,26,29,30). The highest BCUT2D eigenvalue weighted by Gasteiger charge is 2.42. The first-order valence-corrected chi connectivity index (χ1v) is 9.85. The number of amides is 2. The summed E-state index contributed by atoms with van der Waals surface area (Å²) in [5.74, 6) is -4.87. The summed E-state index contributed by atoms with van der Waals surface area (Å²) in [7, 11) is 0. The molecular weight excluding hydrogens is 432 g/mol. The number of nitrogens with zero attached hydrogens (tertiary/aromatic N) is 2. The second kappa shape index (κ2) is 10.9. The number of nitrogens with one attached hydrogen (secondary N) is 2. The van der Waals surface area contributed by atoms with E-state index in [0.717, 1.165) is 0 Å². The van der Waals surface area contributed by atoms with Gasteiger partial charge in [0.05, 0.1) is 6.04 Å². The molecule has 2 aromatic heterocycles. The smallest absolute Gasteiger partial charge is 0.340 e.